The highest BCUT2D eigenvalue weighted by Crippen LogP contribution is 2.31. The van der Waals surface area contributed by atoms with Crippen molar-refractivity contribution >= 4 is 0 Å². The van der Waals surface area contributed by atoms with E-state index in [0.717, 1.165) is 0 Å². The van der Waals surface area contributed by atoms with Crippen LogP contribution in [0.4, 0.5) is 30.7 Å². The molecule has 0 spiro atoms. The highest BCUT2D eigenvalue weighted by molar-refractivity contribution is 5.53. The van der Waals surface area contributed by atoms with E-state index in [9.17, 15) is 30.7 Å². The zero-order valence-electron chi connectivity index (χ0n) is 16.6. The summed E-state index contributed by atoms with van der Waals surface area (Å²) in [6.07, 6.45) is -4.74. The smallest absolute Gasteiger partial charge is 0.370 e. The first-order valence-corrected chi connectivity index (χ1v) is 9.27. The lowest BCUT2D eigenvalue weighted by atomic mass is 10.2. The molecule has 4 nitrogen and oxygen atoms in total. The first-order valence-electron chi connectivity index (χ1n) is 9.27. The summed E-state index contributed by atoms with van der Waals surface area (Å²) in [5.74, 6) is -6.88. The molecule has 0 aliphatic carbocycles. The van der Waals surface area contributed by atoms with Crippen molar-refractivity contribution in [2.75, 3.05) is 13.2 Å². The summed E-state index contributed by atoms with van der Waals surface area (Å²) in [6.45, 7) is -1.02. The second kappa shape index (κ2) is 10.4. The molecule has 0 saturated carbocycles. The molecular weight excluding hydrogens is 433 g/mol. The number of nitrogens with zero attached hydrogens (tertiary/aromatic N) is 2. The molecule has 2 aromatic heterocycles. The number of halogens is 7. The maximum absolute atomic E-state index is 13.2. The Balaban J connectivity index is 1.84. The molecule has 0 amide bonds. The standard InChI is InChI=1S/C20H21F7N2O2/c1-2-18(21,22)12-30-9-14-3-5-16(28-7-14)17-6-4-15(8-29-17)10-31-13-19(23,24)11-20(25,26)27/h3-8H,2,9-13H2,1H3. The van der Waals surface area contributed by atoms with Gasteiger partial charge in [-0.05, 0) is 23.3 Å². The van der Waals surface area contributed by atoms with Gasteiger partial charge in [0.2, 0.25) is 0 Å². The van der Waals surface area contributed by atoms with E-state index in [2.05, 4.69) is 14.7 Å². The molecule has 172 valence electrons. The average molecular weight is 454 g/mol. The number of alkyl halides is 7. The zero-order chi connectivity index (χ0) is 23.1. The van der Waals surface area contributed by atoms with Gasteiger partial charge >= 0.3 is 6.18 Å². The molecule has 11 heteroatoms. The number of rotatable bonds is 11. The summed E-state index contributed by atoms with van der Waals surface area (Å²) in [4.78, 5) is 8.29. The lowest BCUT2D eigenvalue weighted by molar-refractivity contribution is -0.202. The summed E-state index contributed by atoms with van der Waals surface area (Å²) >= 11 is 0. The molecule has 0 aliphatic rings. The van der Waals surface area contributed by atoms with Crippen molar-refractivity contribution in [3.8, 4) is 11.4 Å². The molecule has 0 N–H and O–H groups in total. The number of ether oxygens (including phenoxy) is 2. The Labute approximate surface area is 174 Å². The Kier molecular flexibility index (Phi) is 8.35. The van der Waals surface area contributed by atoms with Crippen LogP contribution < -0.4 is 0 Å². The second-order valence-corrected chi connectivity index (χ2v) is 6.95. The summed E-state index contributed by atoms with van der Waals surface area (Å²) < 4.78 is 98.5. The molecule has 0 bridgehead atoms. The van der Waals surface area contributed by atoms with E-state index in [1.165, 1.54) is 25.4 Å². The van der Waals surface area contributed by atoms with Crippen molar-refractivity contribution in [2.45, 2.75) is 51.0 Å². The van der Waals surface area contributed by atoms with Gasteiger partial charge < -0.3 is 9.47 Å². The number of pyridine rings is 2. The van der Waals surface area contributed by atoms with Gasteiger partial charge in [-0.2, -0.15) is 13.2 Å². The van der Waals surface area contributed by atoms with Crippen LogP contribution in [0.2, 0.25) is 0 Å². The normalized spacial score (nSPS) is 12.9. The van der Waals surface area contributed by atoms with E-state index in [1.807, 2.05) is 0 Å². The molecule has 0 saturated heterocycles. The molecule has 2 aromatic rings. The van der Waals surface area contributed by atoms with E-state index >= 15 is 0 Å². The highest BCUT2D eigenvalue weighted by Gasteiger charge is 2.43. The van der Waals surface area contributed by atoms with E-state index in [1.54, 1.807) is 18.2 Å². The molecule has 0 radical (unpaired) electrons. The Morgan fingerprint density at radius 1 is 0.710 bits per heavy atom. The van der Waals surface area contributed by atoms with Crippen molar-refractivity contribution in [3.63, 3.8) is 0 Å². The van der Waals surface area contributed by atoms with Crippen molar-refractivity contribution in [2.24, 2.45) is 0 Å². The summed E-state index contributed by atoms with van der Waals surface area (Å²) in [5, 5.41) is 0. The van der Waals surface area contributed by atoms with Crippen LogP contribution in [-0.2, 0) is 22.7 Å². The van der Waals surface area contributed by atoms with Gasteiger partial charge in [-0.25, -0.2) is 17.6 Å². The molecular formula is C20H21F7N2O2. The van der Waals surface area contributed by atoms with Crippen LogP contribution in [0.5, 0.6) is 0 Å². The fourth-order valence-electron chi connectivity index (χ4n) is 2.41. The van der Waals surface area contributed by atoms with Crippen LogP contribution in [0.1, 0.15) is 30.9 Å². The van der Waals surface area contributed by atoms with E-state index in [0.29, 0.717) is 22.5 Å². The topological polar surface area (TPSA) is 44.2 Å². The monoisotopic (exact) mass is 454 g/mol. The third kappa shape index (κ3) is 9.18. The average Bonchev–Trinajstić information content (AvgIpc) is 2.67. The lowest BCUT2D eigenvalue weighted by Gasteiger charge is -2.18. The molecule has 0 aliphatic heterocycles. The Hall–Kier alpha value is -2.27. The quantitative estimate of drug-likeness (QED) is 0.402. The van der Waals surface area contributed by atoms with Crippen molar-refractivity contribution in [1.82, 2.24) is 9.97 Å². The van der Waals surface area contributed by atoms with Gasteiger partial charge in [0.15, 0.2) is 0 Å². The highest BCUT2D eigenvalue weighted by atomic mass is 19.4. The summed E-state index contributed by atoms with van der Waals surface area (Å²) in [6, 6.07) is 6.34. The Morgan fingerprint density at radius 2 is 1.16 bits per heavy atom. The molecule has 31 heavy (non-hydrogen) atoms. The van der Waals surface area contributed by atoms with Gasteiger partial charge in [0.05, 0.1) is 24.6 Å². The number of aromatic nitrogens is 2. The predicted molar refractivity (Wildman–Crippen MR) is 97.6 cm³/mol. The number of hydrogen-bond donors (Lipinski definition) is 0. The summed E-state index contributed by atoms with van der Waals surface area (Å²) in [7, 11) is 0. The van der Waals surface area contributed by atoms with Gasteiger partial charge in [-0.3, -0.25) is 9.97 Å². The van der Waals surface area contributed by atoms with Crippen LogP contribution >= 0.6 is 0 Å². The van der Waals surface area contributed by atoms with Crippen LogP contribution in [0.25, 0.3) is 11.4 Å². The zero-order valence-corrected chi connectivity index (χ0v) is 16.6. The third-order valence-electron chi connectivity index (χ3n) is 4.05. The van der Waals surface area contributed by atoms with E-state index in [-0.39, 0.29) is 19.6 Å². The van der Waals surface area contributed by atoms with Crippen LogP contribution in [0, 0.1) is 0 Å². The second-order valence-electron chi connectivity index (χ2n) is 6.95. The molecule has 0 fully saturated rings. The van der Waals surface area contributed by atoms with E-state index < -0.39 is 37.7 Å². The van der Waals surface area contributed by atoms with Gasteiger partial charge in [0, 0.05) is 18.8 Å². The largest absolute Gasteiger partial charge is 0.394 e. The fourth-order valence-corrected chi connectivity index (χ4v) is 2.41. The van der Waals surface area contributed by atoms with Gasteiger partial charge in [-0.1, -0.05) is 19.1 Å². The van der Waals surface area contributed by atoms with Gasteiger partial charge in [0.1, 0.15) is 19.6 Å². The third-order valence-corrected chi connectivity index (χ3v) is 4.05. The fraction of sp³-hybridized carbons (Fsp3) is 0.500. The van der Waals surface area contributed by atoms with Crippen molar-refractivity contribution < 1.29 is 40.2 Å². The maximum atomic E-state index is 13.2. The number of hydrogen-bond acceptors (Lipinski definition) is 4. The SMILES string of the molecule is CCC(F)(F)COCc1ccc(-c2ccc(COCC(F)(F)CC(F)(F)F)cn2)nc1. The Morgan fingerprint density at radius 3 is 1.52 bits per heavy atom. The first-order chi connectivity index (χ1) is 14.4. The lowest BCUT2D eigenvalue weighted by Crippen LogP contribution is -2.30. The molecule has 2 rings (SSSR count). The Bertz CT molecular complexity index is 810. The van der Waals surface area contributed by atoms with Crippen LogP contribution in [-0.4, -0.2) is 41.2 Å². The minimum Gasteiger partial charge on any atom is -0.370 e. The molecule has 0 aromatic carbocycles. The molecule has 2 heterocycles. The summed E-state index contributed by atoms with van der Waals surface area (Å²) in [5.41, 5.74) is 1.93. The minimum absolute atomic E-state index is 0.0223. The van der Waals surface area contributed by atoms with Crippen LogP contribution in [0.15, 0.2) is 36.7 Å². The predicted octanol–water partition coefficient (Wildman–Crippen LogP) is 5.81. The van der Waals surface area contributed by atoms with E-state index in [4.69, 9.17) is 4.74 Å². The van der Waals surface area contributed by atoms with Gasteiger partial charge in [-0.15, -0.1) is 0 Å². The maximum Gasteiger partial charge on any atom is 0.394 e. The van der Waals surface area contributed by atoms with Crippen molar-refractivity contribution in [3.05, 3.63) is 47.8 Å². The first kappa shape index (κ1) is 25.0. The minimum atomic E-state index is -4.98. The van der Waals surface area contributed by atoms with Crippen LogP contribution in [0.3, 0.4) is 0 Å². The van der Waals surface area contributed by atoms with Crippen molar-refractivity contribution in [1.29, 1.82) is 0 Å². The van der Waals surface area contributed by atoms with Gasteiger partial charge in [0.25, 0.3) is 11.8 Å². The molecule has 0 unspecified atom stereocenters. The molecule has 0 atom stereocenters.